The van der Waals surface area contributed by atoms with E-state index in [1.54, 1.807) is 23.0 Å². The number of aromatic nitrogens is 2. The van der Waals surface area contributed by atoms with E-state index in [1.165, 1.54) is 6.20 Å². The molecule has 0 aliphatic carbocycles. The van der Waals surface area contributed by atoms with Crippen molar-refractivity contribution in [3.05, 3.63) is 48.3 Å². The van der Waals surface area contributed by atoms with Crippen molar-refractivity contribution in [3.63, 3.8) is 0 Å². The van der Waals surface area contributed by atoms with E-state index in [9.17, 15) is 8.42 Å². The van der Waals surface area contributed by atoms with E-state index in [0.29, 0.717) is 12.2 Å². The van der Waals surface area contributed by atoms with Crippen molar-refractivity contribution >= 4 is 15.7 Å². The van der Waals surface area contributed by atoms with Crippen LogP contribution in [0.4, 0.5) is 5.69 Å². The smallest absolute Gasteiger partial charge is 0.237 e. The van der Waals surface area contributed by atoms with Crippen LogP contribution in [0.5, 0.6) is 0 Å². The van der Waals surface area contributed by atoms with Crippen molar-refractivity contribution in [3.8, 4) is 0 Å². The summed E-state index contributed by atoms with van der Waals surface area (Å²) >= 11 is 0. The third-order valence-electron chi connectivity index (χ3n) is 2.43. The first kappa shape index (κ1) is 12.6. The molecule has 0 aliphatic rings. The van der Waals surface area contributed by atoms with Crippen LogP contribution in [0.3, 0.4) is 0 Å². The minimum absolute atomic E-state index is 0.0366. The molecule has 0 bridgehead atoms. The number of hydrogen-bond donors (Lipinski definition) is 1. The number of sulfonamides is 1. The molecule has 96 valence electrons. The summed E-state index contributed by atoms with van der Waals surface area (Å²) in [6.07, 6.45) is 3.18. The predicted octanol–water partition coefficient (Wildman–Crippen LogP) is 1.84. The van der Waals surface area contributed by atoms with Gasteiger partial charge in [-0.15, -0.1) is 0 Å². The number of benzene rings is 1. The molecule has 18 heavy (non-hydrogen) atoms. The Bertz CT molecular complexity index is 605. The lowest BCUT2D eigenvalue weighted by Crippen LogP contribution is -2.14. The van der Waals surface area contributed by atoms with Crippen molar-refractivity contribution in [1.29, 1.82) is 0 Å². The van der Waals surface area contributed by atoms with Crippen molar-refractivity contribution in [1.82, 2.24) is 9.78 Å². The number of nitrogens with zero attached hydrogens (tertiary/aromatic N) is 2. The normalized spacial score (nSPS) is 11.4. The first-order chi connectivity index (χ1) is 8.59. The van der Waals surface area contributed by atoms with Gasteiger partial charge in [-0.25, -0.2) is 8.42 Å². The lowest BCUT2D eigenvalue weighted by Gasteiger charge is -2.05. The van der Waals surface area contributed by atoms with Gasteiger partial charge in [-0.05, 0) is 12.5 Å². The maximum Gasteiger partial charge on any atom is 0.237 e. The molecule has 0 radical (unpaired) electrons. The summed E-state index contributed by atoms with van der Waals surface area (Å²) in [4.78, 5) is 0. The fourth-order valence-corrected chi connectivity index (χ4v) is 2.77. The largest absolute Gasteiger partial charge is 0.280 e. The van der Waals surface area contributed by atoms with Crippen molar-refractivity contribution in [2.24, 2.45) is 0 Å². The molecule has 1 heterocycles. The molecule has 0 atom stereocenters. The average molecular weight is 265 g/mol. The summed E-state index contributed by atoms with van der Waals surface area (Å²) < 4.78 is 28.0. The first-order valence-electron chi connectivity index (χ1n) is 5.66. The summed E-state index contributed by atoms with van der Waals surface area (Å²) in [5.74, 6) is -0.0366. The molecule has 0 aliphatic heterocycles. The summed E-state index contributed by atoms with van der Waals surface area (Å²) in [5.41, 5.74) is 1.25. The molecule has 5 nitrogen and oxygen atoms in total. The zero-order valence-electron chi connectivity index (χ0n) is 10.1. The van der Waals surface area contributed by atoms with Crippen LogP contribution in [-0.4, -0.2) is 18.2 Å². The highest BCUT2D eigenvalue weighted by Gasteiger charge is 2.12. The SMILES string of the molecule is CCn1cc(NS(=O)(=O)Cc2ccccc2)cn1. The third kappa shape index (κ3) is 3.33. The highest BCUT2D eigenvalue weighted by atomic mass is 32.2. The van der Waals surface area contributed by atoms with Gasteiger partial charge in [-0.3, -0.25) is 9.40 Å². The van der Waals surface area contributed by atoms with E-state index in [0.717, 1.165) is 5.56 Å². The zero-order valence-corrected chi connectivity index (χ0v) is 10.9. The van der Waals surface area contributed by atoms with Gasteiger partial charge >= 0.3 is 0 Å². The average Bonchev–Trinajstić information content (AvgIpc) is 2.76. The standard InChI is InChI=1S/C12H15N3O2S/c1-2-15-9-12(8-13-15)14-18(16,17)10-11-6-4-3-5-7-11/h3-9,14H,2,10H2,1H3. The molecule has 1 aromatic carbocycles. The van der Waals surface area contributed by atoms with E-state index in [-0.39, 0.29) is 5.75 Å². The van der Waals surface area contributed by atoms with Crippen LogP contribution in [0, 0.1) is 0 Å². The van der Waals surface area contributed by atoms with Gasteiger partial charge in [-0.2, -0.15) is 5.10 Å². The maximum absolute atomic E-state index is 11.9. The first-order valence-corrected chi connectivity index (χ1v) is 7.31. The van der Waals surface area contributed by atoms with Crippen LogP contribution >= 0.6 is 0 Å². The van der Waals surface area contributed by atoms with E-state index < -0.39 is 10.0 Å². The topological polar surface area (TPSA) is 64.0 Å². The minimum atomic E-state index is -3.39. The molecule has 1 aromatic heterocycles. The van der Waals surface area contributed by atoms with Crippen LogP contribution in [0.15, 0.2) is 42.7 Å². The van der Waals surface area contributed by atoms with E-state index in [2.05, 4.69) is 9.82 Å². The van der Waals surface area contributed by atoms with Gasteiger partial charge in [-0.1, -0.05) is 30.3 Å². The lowest BCUT2D eigenvalue weighted by molar-refractivity contribution is 0.600. The van der Waals surface area contributed by atoms with Gasteiger partial charge in [0.05, 0.1) is 17.6 Å². The fraction of sp³-hybridized carbons (Fsp3) is 0.250. The molecular formula is C12H15N3O2S. The Labute approximate surface area is 107 Å². The molecule has 2 rings (SSSR count). The number of rotatable bonds is 5. The van der Waals surface area contributed by atoms with Crippen LogP contribution in [0.25, 0.3) is 0 Å². The van der Waals surface area contributed by atoms with Crippen molar-refractivity contribution in [2.75, 3.05) is 4.72 Å². The Hall–Kier alpha value is -1.82. The second-order valence-electron chi connectivity index (χ2n) is 3.93. The van der Waals surface area contributed by atoms with Crippen LogP contribution in [-0.2, 0) is 22.3 Å². The van der Waals surface area contributed by atoms with E-state index in [1.807, 2.05) is 25.1 Å². The lowest BCUT2D eigenvalue weighted by atomic mass is 10.2. The molecular weight excluding hydrogens is 250 g/mol. The van der Waals surface area contributed by atoms with Gasteiger partial charge in [0.2, 0.25) is 10.0 Å². The zero-order chi connectivity index (χ0) is 13.0. The molecule has 0 saturated heterocycles. The quantitative estimate of drug-likeness (QED) is 0.897. The van der Waals surface area contributed by atoms with Crippen LogP contribution in [0.1, 0.15) is 12.5 Å². The highest BCUT2D eigenvalue weighted by Crippen LogP contribution is 2.11. The summed E-state index contributed by atoms with van der Waals surface area (Å²) in [6.45, 7) is 2.65. The predicted molar refractivity (Wildman–Crippen MR) is 70.6 cm³/mol. The molecule has 0 amide bonds. The van der Waals surface area contributed by atoms with Crippen LogP contribution < -0.4 is 4.72 Å². The Morgan fingerprint density at radius 1 is 1.28 bits per heavy atom. The maximum atomic E-state index is 11.9. The Balaban J connectivity index is 2.08. The summed E-state index contributed by atoms with van der Waals surface area (Å²) in [5, 5.41) is 4.02. The number of hydrogen-bond acceptors (Lipinski definition) is 3. The Kier molecular flexibility index (Phi) is 3.66. The van der Waals surface area contributed by atoms with Gasteiger partial charge in [0.15, 0.2) is 0 Å². The molecule has 2 aromatic rings. The molecule has 0 unspecified atom stereocenters. The van der Waals surface area contributed by atoms with Gasteiger partial charge < -0.3 is 0 Å². The summed E-state index contributed by atoms with van der Waals surface area (Å²) in [7, 11) is -3.39. The molecule has 0 spiro atoms. The number of aryl methyl sites for hydroxylation is 1. The van der Waals surface area contributed by atoms with E-state index in [4.69, 9.17) is 0 Å². The molecule has 6 heteroatoms. The van der Waals surface area contributed by atoms with Gasteiger partial charge in [0.1, 0.15) is 0 Å². The van der Waals surface area contributed by atoms with Gasteiger partial charge in [0.25, 0.3) is 0 Å². The number of nitrogens with one attached hydrogen (secondary N) is 1. The molecule has 0 saturated carbocycles. The van der Waals surface area contributed by atoms with Gasteiger partial charge in [0, 0.05) is 12.7 Å². The fourth-order valence-electron chi connectivity index (χ4n) is 1.60. The molecule has 0 fully saturated rings. The van der Waals surface area contributed by atoms with E-state index >= 15 is 0 Å². The summed E-state index contributed by atoms with van der Waals surface area (Å²) in [6, 6.07) is 9.07. The Morgan fingerprint density at radius 2 is 2.00 bits per heavy atom. The highest BCUT2D eigenvalue weighted by molar-refractivity contribution is 7.91. The minimum Gasteiger partial charge on any atom is -0.280 e. The second kappa shape index (κ2) is 5.22. The molecule has 1 N–H and O–H groups in total. The Morgan fingerprint density at radius 3 is 2.61 bits per heavy atom. The monoisotopic (exact) mass is 265 g/mol. The van der Waals surface area contributed by atoms with Crippen LogP contribution in [0.2, 0.25) is 0 Å². The number of anilines is 1. The second-order valence-corrected chi connectivity index (χ2v) is 5.65. The van der Waals surface area contributed by atoms with Crippen molar-refractivity contribution in [2.45, 2.75) is 19.2 Å². The third-order valence-corrected chi connectivity index (χ3v) is 3.69. The van der Waals surface area contributed by atoms with Crippen molar-refractivity contribution < 1.29 is 8.42 Å².